The van der Waals surface area contributed by atoms with Crippen molar-refractivity contribution >= 4 is 5.97 Å². The molecule has 1 atom stereocenters. The number of nitrogens with zero attached hydrogens (tertiary/aromatic N) is 3. The van der Waals surface area contributed by atoms with Gasteiger partial charge in [0, 0.05) is 12.5 Å². The molecule has 0 spiro atoms. The van der Waals surface area contributed by atoms with Gasteiger partial charge in [0.2, 0.25) is 5.89 Å². The van der Waals surface area contributed by atoms with Crippen molar-refractivity contribution < 1.29 is 14.4 Å². The fourth-order valence-electron chi connectivity index (χ4n) is 2.39. The molecule has 18 heavy (non-hydrogen) atoms. The minimum atomic E-state index is -0.725. The van der Waals surface area contributed by atoms with Gasteiger partial charge < -0.3 is 9.63 Å². The van der Waals surface area contributed by atoms with E-state index in [1.807, 2.05) is 0 Å². The van der Waals surface area contributed by atoms with E-state index in [0.717, 1.165) is 25.3 Å². The Morgan fingerprint density at radius 2 is 2.39 bits per heavy atom. The molecule has 1 aliphatic heterocycles. The van der Waals surface area contributed by atoms with Crippen LogP contribution in [0.3, 0.4) is 0 Å². The van der Waals surface area contributed by atoms with E-state index in [0.29, 0.717) is 31.3 Å². The number of carboxylic acid groups (broad SMARTS) is 1. The Balaban J connectivity index is 1.61. The number of likely N-dealkylation sites (tertiary alicyclic amines) is 1. The maximum Gasteiger partial charge on any atom is 0.310 e. The first-order valence-corrected chi connectivity index (χ1v) is 6.35. The van der Waals surface area contributed by atoms with E-state index in [2.05, 4.69) is 15.0 Å². The van der Waals surface area contributed by atoms with Crippen LogP contribution >= 0.6 is 0 Å². The van der Waals surface area contributed by atoms with Gasteiger partial charge in [0.05, 0.1) is 12.0 Å². The van der Waals surface area contributed by atoms with Gasteiger partial charge in [0.25, 0.3) is 0 Å². The van der Waals surface area contributed by atoms with Crippen LogP contribution in [0.15, 0.2) is 4.52 Å². The Hall–Kier alpha value is -1.43. The number of aliphatic carboxylic acids is 1. The minimum Gasteiger partial charge on any atom is -0.481 e. The summed E-state index contributed by atoms with van der Waals surface area (Å²) in [6.45, 7) is 3.70. The van der Waals surface area contributed by atoms with Crippen molar-refractivity contribution in [1.82, 2.24) is 15.0 Å². The SMILES string of the molecule is CC1(C(=O)O)CCN(Cc2noc(C3CC3)n2)C1. The lowest BCUT2D eigenvalue weighted by molar-refractivity contribution is -0.147. The molecule has 6 heteroatoms. The molecule has 1 unspecified atom stereocenters. The fraction of sp³-hybridized carbons (Fsp3) is 0.750. The Kier molecular flexibility index (Phi) is 2.62. The van der Waals surface area contributed by atoms with Gasteiger partial charge in [-0.2, -0.15) is 4.98 Å². The highest BCUT2D eigenvalue weighted by atomic mass is 16.5. The van der Waals surface area contributed by atoms with Crippen molar-refractivity contribution in [2.75, 3.05) is 13.1 Å². The molecule has 1 aromatic rings. The quantitative estimate of drug-likeness (QED) is 0.867. The average Bonchev–Trinajstić information content (AvgIpc) is 2.96. The molecule has 0 radical (unpaired) electrons. The third kappa shape index (κ3) is 2.12. The summed E-state index contributed by atoms with van der Waals surface area (Å²) in [7, 11) is 0. The molecule has 0 bridgehead atoms. The summed E-state index contributed by atoms with van der Waals surface area (Å²) < 4.78 is 5.19. The van der Waals surface area contributed by atoms with Crippen LogP contribution in [0.5, 0.6) is 0 Å². The van der Waals surface area contributed by atoms with Gasteiger partial charge in [-0.15, -0.1) is 0 Å². The van der Waals surface area contributed by atoms with Gasteiger partial charge in [-0.3, -0.25) is 9.69 Å². The van der Waals surface area contributed by atoms with Crippen molar-refractivity contribution in [1.29, 1.82) is 0 Å². The fourth-order valence-corrected chi connectivity index (χ4v) is 2.39. The molecule has 0 aromatic carbocycles. The van der Waals surface area contributed by atoms with Gasteiger partial charge in [-0.25, -0.2) is 0 Å². The van der Waals surface area contributed by atoms with Crippen molar-refractivity contribution in [2.24, 2.45) is 5.41 Å². The molecule has 2 aliphatic rings. The number of aromatic nitrogens is 2. The summed E-state index contributed by atoms with van der Waals surface area (Å²) in [4.78, 5) is 17.6. The summed E-state index contributed by atoms with van der Waals surface area (Å²) in [6, 6.07) is 0. The second-order valence-corrected chi connectivity index (χ2v) is 5.65. The predicted octanol–water partition coefficient (Wildman–Crippen LogP) is 1.24. The van der Waals surface area contributed by atoms with Crippen LogP contribution in [0.4, 0.5) is 0 Å². The highest BCUT2D eigenvalue weighted by molar-refractivity contribution is 5.74. The van der Waals surface area contributed by atoms with Crippen LogP contribution < -0.4 is 0 Å². The van der Waals surface area contributed by atoms with Gasteiger partial charge in [-0.1, -0.05) is 5.16 Å². The Labute approximate surface area is 105 Å². The summed E-state index contributed by atoms with van der Waals surface area (Å²) >= 11 is 0. The maximum absolute atomic E-state index is 11.1. The maximum atomic E-state index is 11.1. The smallest absolute Gasteiger partial charge is 0.310 e. The Morgan fingerprint density at radius 3 is 3.00 bits per heavy atom. The molecule has 3 rings (SSSR count). The number of carboxylic acids is 1. The summed E-state index contributed by atoms with van der Waals surface area (Å²) in [6.07, 6.45) is 2.96. The lowest BCUT2D eigenvalue weighted by Crippen LogP contribution is -2.31. The zero-order valence-corrected chi connectivity index (χ0v) is 10.4. The zero-order chi connectivity index (χ0) is 12.8. The highest BCUT2D eigenvalue weighted by Gasteiger charge is 2.40. The summed E-state index contributed by atoms with van der Waals surface area (Å²) in [5.74, 6) is 1.16. The molecule has 1 saturated heterocycles. The number of hydrogen-bond donors (Lipinski definition) is 1. The second-order valence-electron chi connectivity index (χ2n) is 5.65. The highest BCUT2D eigenvalue weighted by Crippen LogP contribution is 2.39. The van der Waals surface area contributed by atoms with Crippen LogP contribution in [0, 0.1) is 5.41 Å². The normalized spacial score (nSPS) is 28.7. The molecule has 1 aliphatic carbocycles. The van der Waals surface area contributed by atoms with E-state index in [1.54, 1.807) is 6.92 Å². The van der Waals surface area contributed by atoms with Crippen LogP contribution in [-0.2, 0) is 11.3 Å². The molecule has 1 N–H and O–H groups in total. The zero-order valence-electron chi connectivity index (χ0n) is 10.4. The number of carbonyl (C=O) groups is 1. The largest absolute Gasteiger partial charge is 0.481 e. The van der Waals surface area contributed by atoms with Gasteiger partial charge in [-0.05, 0) is 32.7 Å². The van der Waals surface area contributed by atoms with Crippen molar-refractivity contribution in [2.45, 2.75) is 38.6 Å². The first kappa shape index (κ1) is 11.6. The standard InChI is InChI=1S/C12H17N3O3/c1-12(11(16)17)4-5-15(7-12)6-9-13-10(18-14-9)8-2-3-8/h8H,2-7H2,1H3,(H,16,17). The molecule has 1 saturated carbocycles. The number of rotatable bonds is 4. The summed E-state index contributed by atoms with van der Waals surface area (Å²) in [5.41, 5.74) is -0.636. The first-order chi connectivity index (χ1) is 8.57. The predicted molar refractivity (Wildman–Crippen MR) is 61.9 cm³/mol. The Morgan fingerprint density at radius 1 is 1.61 bits per heavy atom. The topological polar surface area (TPSA) is 79.5 Å². The molecule has 0 amide bonds. The molecule has 2 fully saturated rings. The van der Waals surface area contributed by atoms with Crippen LogP contribution in [0.25, 0.3) is 0 Å². The minimum absolute atomic E-state index is 0.467. The van der Waals surface area contributed by atoms with Crippen LogP contribution in [0.2, 0.25) is 0 Å². The second kappa shape index (κ2) is 4.05. The molecular formula is C12H17N3O3. The molecule has 1 aromatic heterocycles. The average molecular weight is 251 g/mol. The van der Waals surface area contributed by atoms with Crippen LogP contribution in [0.1, 0.15) is 43.8 Å². The van der Waals surface area contributed by atoms with Crippen molar-refractivity contribution in [3.05, 3.63) is 11.7 Å². The molecular weight excluding hydrogens is 234 g/mol. The third-order valence-corrected chi connectivity index (χ3v) is 3.84. The van der Waals surface area contributed by atoms with Gasteiger partial charge in [0.15, 0.2) is 5.82 Å². The van der Waals surface area contributed by atoms with Gasteiger partial charge >= 0.3 is 5.97 Å². The van der Waals surface area contributed by atoms with Gasteiger partial charge in [0.1, 0.15) is 0 Å². The van der Waals surface area contributed by atoms with E-state index < -0.39 is 11.4 Å². The van der Waals surface area contributed by atoms with E-state index in [9.17, 15) is 4.79 Å². The Bertz CT molecular complexity index is 469. The molecule has 2 heterocycles. The molecule has 6 nitrogen and oxygen atoms in total. The summed E-state index contributed by atoms with van der Waals surface area (Å²) in [5, 5.41) is 13.1. The first-order valence-electron chi connectivity index (χ1n) is 6.35. The van der Waals surface area contributed by atoms with Crippen molar-refractivity contribution in [3.8, 4) is 0 Å². The molecule has 98 valence electrons. The number of hydrogen-bond acceptors (Lipinski definition) is 5. The third-order valence-electron chi connectivity index (χ3n) is 3.84. The van der Waals surface area contributed by atoms with E-state index in [4.69, 9.17) is 9.63 Å². The van der Waals surface area contributed by atoms with E-state index in [1.165, 1.54) is 0 Å². The van der Waals surface area contributed by atoms with Crippen molar-refractivity contribution in [3.63, 3.8) is 0 Å². The van der Waals surface area contributed by atoms with Crippen LogP contribution in [-0.4, -0.2) is 39.2 Å². The van der Waals surface area contributed by atoms with E-state index >= 15 is 0 Å². The lowest BCUT2D eigenvalue weighted by Gasteiger charge is -2.18. The van der Waals surface area contributed by atoms with E-state index in [-0.39, 0.29) is 0 Å². The lowest BCUT2D eigenvalue weighted by atomic mass is 9.90. The monoisotopic (exact) mass is 251 g/mol.